The average Bonchev–Trinajstić information content (AvgIpc) is 2.62. The van der Waals surface area contributed by atoms with Crippen molar-refractivity contribution in [3.05, 3.63) is 23.9 Å². The van der Waals surface area contributed by atoms with E-state index in [0.717, 1.165) is 43.9 Å². The topological polar surface area (TPSA) is 71.0 Å². The van der Waals surface area contributed by atoms with Crippen molar-refractivity contribution in [2.24, 2.45) is 11.3 Å². The molecule has 0 bridgehead atoms. The Morgan fingerprint density at radius 3 is 2.50 bits per heavy atom. The molecule has 0 aliphatic carbocycles. The van der Waals surface area contributed by atoms with Crippen molar-refractivity contribution in [2.75, 3.05) is 46.6 Å². The number of ether oxygens (including phenoxy) is 2. The third kappa shape index (κ3) is 7.66. The first kappa shape index (κ1) is 24.8. The van der Waals surface area contributed by atoms with Crippen LogP contribution in [0.5, 0.6) is 0 Å². The van der Waals surface area contributed by atoms with Crippen LogP contribution in [0.25, 0.3) is 0 Å². The van der Waals surface area contributed by atoms with Gasteiger partial charge in [0.05, 0.1) is 25.4 Å². The first-order valence-electron chi connectivity index (χ1n) is 10.2. The molecule has 1 saturated heterocycles. The summed E-state index contributed by atoms with van der Waals surface area (Å²) >= 11 is 0. The number of allylic oxidation sites excluding steroid dienone is 2. The molecule has 28 heavy (non-hydrogen) atoms. The van der Waals surface area contributed by atoms with Gasteiger partial charge in [-0.3, -0.25) is 9.69 Å². The van der Waals surface area contributed by atoms with Crippen LogP contribution in [-0.4, -0.2) is 68.1 Å². The fourth-order valence-electron chi connectivity index (χ4n) is 3.03. The standard InChI is InChI=1S/C22H40N2O4/c1-17(21(3,4)16-28-13-10-25)14-18(2)23-20(26)22(5,6)24(7)15-19-8-11-27-12-9-19/h14,19,25H,1,8-13,15-16H2,2-7H3,(H,23,26)/b18-14+. The number of hydrogen-bond donors (Lipinski definition) is 2. The summed E-state index contributed by atoms with van der Waals surface area (Å²) in [6, 6.07) is 0. The maximum absolute atomic E-state index is 12.9. The normalized spacial score (nSPS) is 17.1. The van der Waals surface area contributed by atoms with Gasteiger partial charge in [-0.05, 0) is 58.2 Å². The average molecular weight is 397 g/mol. The van der Waals surface area contributed by atoms with Gasteiger partial charge < -0.3 is 19.9 Å². The van der Waals surface area contributed by atoms with Gasteiger partial charge in [0.2, 0.25) is 5.91 Å². The van der Waals surface area contributed by atoms with Gasteiger partial charge in [-0.15, -0.1) is 0 Å². The van der Waals surface area contributed by atoms with Crippen LogP contribution >= 0.6 is 0 Å². The molecule has 1 aliphatic heterocycles. The highest BCUT2D eigenvalue weighted by Gasteiger charge is 2.34. The lowest BCUT2D eigenvalue weighted by molar-refractivity contribution is -0.130. The van der Waals surface area contributed by atoms with Crippen LogP contribution in [0.15, 0.2) is 23.9 Å². The summed E-state index contributed by atoms with van der Waals surface area (Å²) in [5, 5.41) is 11.9. The van der Waals surface area contributed by atoms with Gasteiger partial charge in [0, 0.05) is 30.9 Å². The van der Waals surface area contributed by atoms with E-state index in [4.69, 9.17) is 14.6 Å². The Morgan fingerprint density at radius 2 is 1.93 bits per heavy atom. The van der Waals surface area contributed by atoms with Gasteiger partial charge in [0.25, 0.3) is 0 Å². The molecular formula is C22H40N2O4. The lowest BCUT2D eigenvalue weighted by atomic mass is 9.85. The van der Waals surface area contributed by atoms with Crippen molar-refractivity contribution in [3.63, 3.8) is 0 Å². The Hall–Kier alpha value is -1.21. The molecule has 1 amide bonds. The maximum Gasteiger partial charge on any atom is 0.244 e. The van der Waals surface area contributed by atoms with E-state index in [-0.39, 0.29) is 17.9 Å². The zero-order valence-corrected chi connectivity index (χ0v) is 18.6. The lowest BCUT2D eigenvalue weighted by Crippen LogP contribution is -2.54. The van der Waals surface area contributed by atoms with Crippen LogP contribution in [-0.2, 0) is 14.3 Å². The molecule has 162 valence electrons. The number of carbonyl (C=O) groups excluding carboxylic acids is 1. The van der Waals surface area contributed by atoms with Crippen molar-refractivity contribution in [1.29, 1.82) is 0 Å². The lowest BCUT2D eigenvalue weighted by Gasteiger charge is -2.37. The van der Waals surface area contributed by atoms with Crippen molar-refractivity contribution < 1.29 is 19.4 Å². The zero-order valence-electron chi connectivity index (χ0n) is 18.6. The van der Waals surface area contributed by atoms with Gasteiger partial charge in [-0.2, -0.15) is 0 Å². The Balaban J connectivity index is 2.64. The van der Waals surface area contributed by atoms with Crippen LogP contribution in [0.1, 0.15) is 47.5 Å². The molecule has 2 N–H and O–H groups in total. The van der Waals surface area contributed by atoms with Crippen molar-refractivity contribution in [2.45, 2.75) is 53.0 Å². The highest BCUT2D eigenvalue weighted by molar-refractivity contribution is 5.86. The molecule has 0 spiro atoms. The number of amides is 1. The Morgan fingerprint density at radius 1 is 1.32 bits per heavy atom. The van der Waals surface area contributed by atoms with Crippen LogP contribution in [0.2, 0.25) is 0 Å². The summed E-state index contributed by atoms with van der Waals surface area (Å²) < 4.78 is 10.9. The van der Waals surface area contributed by atoms with E-state index in [2.05, 4.69) is 16.8 Å². The molecule has 0 saturated carbocycles. The van der Waals surface area contributed by atoms with E-state index in [1.54, 1.807) is 0 Å². The number of carbonyl (C=O) groups is 1. The highest BCUT2D eigenvalue weighted by atomic mass is 16.5. The quantitative estimate of drug-likeness (QED) is 0.415. The van der Waals surface area contributed by atoms with E-state index in [9.17, 15) is 4.79 Å². The fraction of sp³-hybridized carbons (Fsp3) is 0.773. The van der Waals surface area contributed by atoms with E-state index < -0.39 is 5.54 Å². The SMILES string of the molecule is C=C(/C=C(\C)NC(=O)C(C)(C)N(C)CC1CCOCC1)C(C)(C)COCCO. The third-order valence-corrected chi connectivity index (χ3v) is 5.65. The third-order valence-electron chi connectivity index (χ3n) is 5.65. The zero-order chi connectivity index (χ0) is 21.4. The van der Waals surface area contributed by atoms with Gasteiger partial charge in [0.15, 0.2) is 0 Å². The van der Waals surface area contributed by atoms with Crippen LogP contribution in [0, 0.1) is 11.3 Å². The minimum atomic E-state index is -0.617. The Kier molecular flexibility index (Phi) is 9.84. The summed E-state index contributed by atoms with van der Waals surface area (Å²) in [7, 11) is 2.01. The van der Waals surface area contributed by atoms with Crippen LogP contribution < -0.4 is 5.32 Å². The molecule has 6 nitrogen and oxygen atoms in total. The summed E-state index contributed by atoms with van der Waals surface area (Å²) in [6.07, 6.45) is 4.00. The molecule has 0 atom stereocenters. The second-order valence-electron chi connectivity index (χ2n) is 8.96. The molecule has 6 heteroatoms. The number of likely N-dealkylation sites (N-methyl/N-ethyl adjacent to an activating group) is 1. The molecule has 0 unspecified atom stereocenters. The Bertz CT molecular complexity index is 549. The first-order chi connectivity index (χ1) is 13.0. The van der Waals surface area contributed by atoms with Gasteiger partial charge in [-0.1, -0.05) is 20.4 Å². The second kappa shape index (κ2) is 11.1. The second-order valence-corrected chi connectivity index (χ2v) is 8.96. The summed E-state index contributed by atoms with van der Waals surface area (Å²) in [5.41, 5.74) is 0.736. The van der Waals surface area contributed by atoms with Gasteiger partial charge >= 0.3 is 0 Å². The molecule has 1 fully saturated rings. The van der Waals surface area contributed by atoms with E-state index >= 15 is 0 Å². The van der Waals surface area contributed by atoms with Crippen molar-refractivity contribution >= 4 is 5.91 Å². The van der Waals surface area contributed by atoms with Crippen molar-refractivity contribution in [1.82, 2.24) is 10.2 Å². The number of nitrogens with zero attached hydrogens (tertiary/aromatic N) is 1. The van der Waals surface area contributed by atoms with Gasteiger partial charge in [-0.25, -0.2) is 0 Å². The molecule has 1 heterocycles. The van der Waals surface area contributed by atoms with E-state index in [1.807, 2.05) is 47.7 Å². The smallest absolute Gasteiger partial charge is 0.244 e. The predicted molar refractivity (Wildman–Crippen MR) is 113 cm³/mol. The van der Waals surface area contributed by atoms with Crippen LogP contribution in [0.3, 0.4) is 0 Å². The highest BCUT2D eigenvalue weighted by Crippen LogP contribution is 2.27. The molecule has 1 aliphatic rings. The Labute approximate surface area is 171 Å². The summed E-state index contributed by atoms with van der Waals surface area (Å²) in [4.78, 5) is 15.0. The largest absolute Gasteiger partial charge is 0.394 e. The first-order valence-corrected chi connectivity index (χ1v) is 10.2. The fourth-order valence-corrected chi connectivity index (χ4v) is 3.03. The minimum Gasteiger partial charge on any atom is -0.394 e. The minimum absolute atomic E-state index is 0.00393. The van der Waals surface area contributed by atoms with Gasteiger partial charge in [0.1, 0.15) is 0 Å². The number of hydrogen-bond acceptors (Lipinski definition) is 5. The number of aliphatic hydroxyl groups is 1. The predicted octanol–water partition coefficient (Wildman–Crippen LogP) is 2.73. The number of rotatable bonds is 11. The maximum atomic E-state index is 12.9. The molecule has 0 aromatic heterocycles. The number of aliphatic hydroxyl groups excluding tert-OH is 1. The summed E-state index contributed by atoms with van der Waals surface area (Å²) in [5.74, 6) is 0.542. The summed E-state index contributed by atoms with van der Waals surface area (Å²) in [6.45, 7) is 17.3. The monoisotopic (exact) mass is 396 g/mol. The number of nitrogens with one attached hydrogen (secondary N) is 1. The molecule has 0 aromatic carbocycles. The van der Waals surface area contributed by atoms with E-state index in [1.165, 1.54) is 0 Å². The van der Waals surface area contributed by atoms with E-state index in [0.29, 0.717) is 19.1 Å². The molecule has 0 aromatic rings. The van der Waals surface area contributed by atoms with Crippen LogP contribution in [0.4, 0.5) is 0 Å². The molecular weight excluding hydrogens is 356 g/mol. The molecule has 0 radical (unpaired) electrons. The van der Waals surface area contributed by atoms with Crippen molar-refractivity contribution in [3.8, 4) is 0 Å². The molecule has 1 rings (SSSR count).